The highest BCUT2D eigenvalue weighted by atomic mass is 19.1. The first kappa shape index (κ1) is 12.5. The van der Waals surface area contributed by atoms with E-state index in [9.17, 15) is 4.39 Å². The molecule has 0 radical (unpaired) electrons. The molecule has 1 aromatic heterocycles. The van der Waals surface area contributed by atoms with Crippen LogP contribution in [0.4, 0.5) is 10.2 Å². The normalized spacial score (nSPS) is 11.8. The van der Waals surface area contributed by atoms with E-state index in [0.717, 1.165) is 11.3 Å². The number of rotatable bonds is 2. The Balaban J connectivity index is 2.36. The number of hydrogen-bond acceptors (Lipinski definition) is 3. The summed E-state index contributed by atoms with van der Waals surface area (Å²) in [6.45, 7) is 6.60. The molecule has 0 unspecified atom stereocenters. The van der Waals surface area contributed by atoms with Gasteiger partial charge in [0, 0.05) is 5.41 Å². The van der Waals surface area contributed by atoms with Gasteiger partial charge in [0.05, 0.1) is 12.2 Å². The number of benzene rings is 1. The fourth-order valence-electron chi connectivity index (χ4n) is 2.02. The third kappa shape index (κ3) is 2.50. The third-order valence-corrected chi connectivity index (χ3v) is 2.69. The van der Waals surface area contributed by atoms with Gasteiger partial charge in [0.25, 0.3) is 0 Å². The maximum Gasteiger partial charge on any atom is 0.169 e. The topological polar surface area (TPSA) is 56.7 Å². The van der Waals surface area contributed by atoms with Crippen molar-refractivity contribution in [3.05, 3.63) is 41.3 Å². The minimum atomic E-state index is -0.252. The molecular formula is C13H17FN4. The summed E-state index contributed by atoms with van der Waals surface area (Å²) < 4.78 is 14.9. The van der Waals surface area contributed by atoms with Gasteiger partial charge in [0.1, 0.15) is 5.82 Å². The van der Waals surface area contributed by atoms with Crippen LogP contribution in [-0.2, 0) is 12.0 Å². The van der Waals surface area contributed by atoms with Gasteiger partial charge < -0.3 is 5.73 Å². The largest absolute Gasteiger partial charge is 0.381 e. The van der Waals surface area contributed by atoms with E-state index in [-0.39, 0.29) is 11.2 Å². The monoisotopic (exact) mass is 248 g/mol. The van der Waals surface area contributed by atoms with Gasteiger partial charge in [0.2, 0.25) is 0 Å². The number of hydrogen-bond donors (Lipinski definition) is 1. The fourth-order valence-corrected chi connectivity index (χ4v) is 2.02. The number of nitrogens with two attached hydrogens (primary N) is 1. The van der Waals surface area contributed by atoms with Crippen molar-refractivity contribution < 1.29 is 4.39 Å². The van der Waals surface area contributed by atoms with E-state index in [1.54, 1.807) is 10.7 Å². The number of nitrogens with zero attached hydrogens (tertiary/aromatic N) is 3. The molecule has 18 heavy (non-hydrogen) atoms. The lowest BCUT2D eigenvalue weighted by Crippen LogP contribution is -2.20. The zero-order chi connectivity index (χ0) is 13.3. The highest BCUT2D eigenvalue weighted by Crippen LogP contribution is 2.26. The van der Waals surface area contributed by atoms with Gasteiger partial charge in [0.15, 0.2) is 5.82 Å². The Hall–Kier alpha value is -1.91. The second-order valence-electron chi connectivity index (χ2n) is 5.36. The molecule has 0 saturated heterocycles. The summed E-state index contributed by atoms with van der Waals surface area (Å²) >= 11 is 0. The van der Waals surface area contributed by atoms with Crippen LogP contribution < -0.4 is 5.73 Å². The molecular weight excluding hydrogens is 231 g/mol. The van der Waals surface area contributed by atoms with Crippen molar-refractivity contribution in [3.63, 3.8) is 0 Å². The average molecular weight is 248 g/mol. The van der Waals surface area contributed by atoms with Crippen LogP contribution in [-0.4, -0.2) is 15.0 Å². The maximum absolute atomic E-state index is 13.1. The Morgan fingerprint density at radius 3 is 2.67 bits per heavy atom. The second-order valence-corrected chi connectivity index (χ2v) is 5.36. The Morgan fingerprint density at radius 2 is 2.06 bits per heavy atom. The van der Waals surface area contributed by atoms with Gasteiger partial charge in [-0.05, 0) is 17.7 Å². The van der Waals surface area contributed by atoms with Crippen LogP contribution in [0, 0.1) is 5.82 Å². The molecule has 0 spiro atoms. The average Bonchev–Trinajstić information content (AvgIpc) is 2.59. The molecule has 2 aromatic rings. The van der Waals surface area contributed by atoms with E-state index in [2.05, 4.69) is 10.3 Å². The SMILES string of the molecule is CC(C)(C)c1c(N)nnn1Cc1cccc(F)c1. The fraction of sp³-hybridized carbons (Fsp3) is 0.385. The molecule has 0 fully saturated rings. The van der Waals surface area contributed by atoms with Gasteiger partial charge in [-0.3, -0.25) is 0 Å². The molecule has 0 atom stereocenters. The standard InChI is InChI=1S/C13H17FN4/c1-13(2,3)11-12(15)16-17-18(11)8-9-5-4-6-10(14)7-9/h4-7H,8,15H2,1-3H3. The number of halogens is 1. The highest BCUT2D eigenvalue weighted by molar-refractivity contribution is 5.38. The van der Waals surface area contributed by atoms with E-state index < -0.39 is 0 Å². The predicted octanol–water partition coefficient (Wildman–Crippen LogP) is 2.35. The molecule has 0 saturated carbocycles. The molecule has 0 amide bonds. The zero-order valence-electron chi connectivity index (χ0n) is 10.8. The molecule has 0 bridgehead atoms. The summed E-state index contributed by atoms with van der Waals surface area (Å²) in [7, 11) is 0. The van der Waals surface area contributed by atoms with Crippen LogP contribution in [0.2, 0.25) is 0 Å². The van der Waals surface area contributed by atoms with Crippen molar-refractivity contribution in [1.29, 1.82) is 0 Å². The van der Waals surface area contributed by atoms with Crippen molar-refractivity contribution in [2.24, 2.45) is 0 Å². The lowest BCUT2D eigenvalue weighted by Gasteiger charge is -2.20. The molecule has 0 aliphatic rings. The van der Waals surface area contributed by atoms with Crippen LogP contribution >= 0.6 is 0 Å². The van der Waals surface area contributed by atoms with Crippen LogP contribution in [0.1, 0.15) is 32.0 Å². The molecule has 5 heteroatoms. The molecule has 2 N–H and O–H groups in total. The smallest absolute Gasteiger partial charge is 0.169 e. The number of nitrogen functional groups attached to an aromatic ring is 1. The van der Waals surface area contributed by atoms with E-state index in [4.69, 9.17) is 5.73 Å². The minimum Gasteiger partial charge on any atom is -0.381 e. The molecule has 0 aliphatic carbocycles. The molecule has 2 rings (SSSR count). The Labute approximate surface area is 106 Å². The summed E-state index contributed by atoms with van der Waals surface area (Å²) in [5.74, 6) is 0.178. The lowest BCUT2D eigenvalue weighted by molar-refractivity contribution is 0.502. The van der Waals surface area contributed by atoms with Crippen molar-refractivity contribution in [2.45, 2.75) is 32.7 Å². The van der Waals surface area contributed by atoms with Gasteiger partial charge in [-0.15, -0.1) is 5.10 Å². The van der Waals surface area contributed by atoms with Crippen molar-refractivity contribution in [1.82, 2.24) is 15.0 Å². The maximum atomic E-state index is 13.1. The summed E-state index contributed by atoms with van der Waals surface area (Å²) in [6, 6.07) is 6.45. The van der Waals surface area contributed by atoms with Gasteiger partial charge in [-0.2, -0.15) is 0 Å². The molecule has 1 aromatic carbocycles. The lowest BCUT2D eigenvalue weighted by atomic mass is 9.92. The van der Waals surface area contributed by atoms with Crippen molar-refractivity contribution in [2.75, 3.05) is 5.73 Å². The molecule has 96 valence electrons. The van der Waals surface area contributed by atoms with Gasteiger partial charge in [-0.25, -0.2) is 9.07 Å². The first-order chi connectivity index (χ1) is 8.38. The van der Waals surface area contributed by atoms with Crippen LogP contribution in [0.5, 0.6) is 0 Å². The predicted molar refractivity (Wildman–Crippen MR) is 68.6 cm³/mol. The summed E-state index contributed by atoms with van der Waals surface area (Å²) in [6.07, 6.45) is 0. The molecule has 4 nitrogen and oxygen atoms in total. The first-order valence-electron chi connectivity index (χ1n) is 5.82. The quantitative estimate of drug-likeness (QED) is 0.887. The van der Waals surface area contributed by atoms with E-state index in [1.807, 2.05) is 26.8 Å². The van der Waals surface area contributed by atoms with Gasteiger partial charge >= 0.3 is 0 Å². The third-order valence-electron chi connectivity index (χ3n) is 2.69. The van der Waals surface area contributed by atoms with E-state index >= 15 is 0 Å². The highest BCUT2D eigenvalue weighted by Gasteiger charge is 2.24. The van der Waals surface area contributed by atoms with Crippen LogP contribution in [0.25, 0.3) is 0 Å². The number of aromatic nitrogens is 3. The van der Waals surface area contributed by atoms with E-state index in [0.29, 0.717) is 12.4 Å². The Bertz CT molecular complexity index is 554. The number of anilines is 1. The first-order valence-corrected chi connectivity index (χ1v) is 5.82. The molecule has 1 heterocycles. The van der Waals surface area contributed by atoms with Gasteiger partial charge in [-0.1, -0.05) is 38.1 Å². The van der Waals surface area contributed by atoms with Crippen molar-refractivity contribution >= 4 is 5.82 Å². The summed E-state index contributed by atoms with van der Waals surface area (Å²) in [5.41, 5.74) is 7.40. The summed E-state index contributed by atoms with van der Waals surface area (Å²) in [5, 5.41) is 7.92. The second kappa shape index (κ2) is 4.40. The van der Waals surface area contributed by atoms with Crippen LogP contribution in [0.15, 0.2) is 24.3 Å². The Kier molecular flexibility index (Phi) is 3.07. The summed E-state index contributed by atoms with van der Waals surface area (Å²) in [4.78, 5) is 0. The van der Waals surface area contributed by atoms with Crippen molar-refractivity contribution in [3.8, 4) is 0 Å². The minimum absolute atomic E-state index is 0.152. The van der Waals surface area contributed by atoms with Crippen LogP contribution in [0.3, 0.4) is 0 Å². The van der Waals surface area contributed by atoms with E-state index in [1.165, 1.54) is 12.1 Å². The zero-order valence-corrected chi connectivity index (χ0v) is 10.8. The Morgan fingerprint density at radius 1 is 1.33 bits per heavy atom. The molecule has 0 aliphatic heterocycles.